The summed E-state index contributed by atoms with van der Waals surface area (Å²) >= 11 is 5.65. The van der Waals surface area contributed by atoms with E-state index in [1.807, 2.05) is 0 Å². The van der Waals surface area contributed by atoms with Gasteiger partial charge in [-0.1, -0.05) is 17.7 Å². The number of nitrogens with zero attached hydrogens (tertiary/aromatic N) is 3. The third-order valence-electron chi connectivity index (χ3n) is 2.59. The zero-order valence-corrected chi connectivity index (χ0v) is 11.1. The molecule has 1 heterocycles. The first kappa shape index (κ1) is 13.9. The molecular formula is C12H9ClN4O3. The van der Waals surface area contributed by atoms with Crippen molar-refractivity contribution < 1.29 is 9.72 Å². The molecule has 1 N–H and O–H groups in total. The van der Waals surface area contributed by atoms with Crippen LogP contribution in [0.4, 0.5) is 11.4 Å². The lowest BCUT2D eigenvalue weighted by molar-refractivity contribution is -0.385. The molecule has 2 aromatic rings. The average Bonchev–Trinajstić information content (AvgIpc) is 2.40. The Morgan fingerprint density at radius 1 is 1.40 bits per heavy atom. The van der Waals surface area contributed by atoms with Crippen molar-refractivity contribution in [3.05, 3.63) is 57.1 Å². The summed E-state index contributed by atoms with van der Waals surface area (Å²) in [5.41, 5.74) is 0.662. The maximum absolute atomic E-state index is 12.0. The first-order valence-electron chi connectivity index (χ1n) is 5.52. The van der Waals surface area contributed by atoms with Crippen LogP contribution in [0.25, 0.3) is 0 Å². The fourth-order valence-corrected chi connectivity index (χ4v) is 1.74. The van der Waals surface area contributed by atoms with E-state index >= 15 is 0 Å². The summed E-state index contributed by atoms with van der Waals surface area (Å²) in [6.45, 7) is 1.55. The van der Waals surface area contributed by atoms with Crippen LogP contribution in [0.3, 0.4) is 0 Å². The highest BCUT2D eigenvalue weighted by Crippen LogP contribution is 2.25. The van der Waals surface area contributed by atoms with Crippen molar-refractivity contribution in [2.75, 3.05) is 5.32 Å². The molecule has 0 bridgehead atoms. The molecule has 0 aliphatic carbocycles. The molecule has 2 rings (SSSR count). The first-order valence-corrected chi connectivity index (χ1v) is 5.89. The minimum atomic E-state index is -0.538. The minimum absolute atomic E-state index is 0.0309. The molecule has 20 heavy (non-hydrogen) atoms. The molecule has 0 saturated carbocycles. The highest BCUT2D eigenvalue weighted by Gasteiger charge is 2.16. The standard InChI is InChI=1S/C12H9ClN4O3/c1-7-8(3-2-4-10(7)17(19)20)16-12(18)9-5-14-6-11(13)15-9/h2-6H,1H3,(H,16,18). The Hall–Kier alpha value is -2.54. The van der Waals surface area contributed by atoms with Crippen LogP contribution in [-0.4, -0.2) is 20.8 Å². The molecule has 0 atom stereocenters. The Bertz CT molecular complexity index is 690. The van der Waals surface area contributed by atoms with E-state index in [1.165, 1.54) is 24.5 Å². The van der Waals surface area contributed by atoms with Crippen molar-refractivity contribution in [2.45, 2.75) is 6.92 Å². The quantitative estimate of drug-likeness (QED) is 0.692. The van der Waals surface area contributed by atoms with E-state index in [9.17, 15) is 14.9 Å². The largest absolute Gasteiger partial charge is 0.320 e. The Morgan fingerprint density at radius 2 is 2.15 bits per heavy atom. The molecule has 0 aliphatic rings. The van der Waals surface area contributed by atoms with E-state index < -0.39 is 10.8 Å². The number of rotatable bonds is 3. The molecule has 102 valence electrons. The molecular weight excluding hydrogens is 284 g/mol. The van der Waals surface area contributed by atoms with Crippen molar-refractivity contribution in [1.82, 2.24) is 9.97 Å². The summed E-state index contributed by atoms with van der Waals surface area (Å²) in [6, 6.07) is 4.42. The predicted molar refractivity (Wildman–Crippen MR) is 72.8 cm³/mol. The van der Waals surface area contributed by atoms with E-state index in [2.05, 4.69) is 15.3 Å². The smallest absolute Gasteiger partial charge is 0.275 e. The van der Waals surface area contributed by atoms with Crippen LogP contribution >= 0.6 is 11.6 Å². The van der Waals surface area contributed by atoms with Gasteiger partial charge in [-0.2, -0.15) is 0 Å². The Balaban J connectivity index is 2.29. The number of hydrogen-bond acceptors (Lipinski definition) is 5. The van der Waals surface area contributed by atoms with Crippen LogP contribution in [0.1, 0.15) is 16.1 Å². The van der Waals surface area contributed by atoms with Gasteiger partial charge in [0, 0.05) is 6.07 Å². The molecule has 1 aromatic carbocycles. The number of benzene rings is 1. The Labute approximate surface area is 118 Å². The molecule has 0 saturated heterocycles. The van der Waals surface area contributed by atoms with E-state index in [-0.39, 0.29) is 16.5 Å². The van der Waals surface area contributed by atoms with Crippen LogP contribution in [0.15, 0.2) is 30.6 Å². The second kappa shape index (κ2) is 5.62. The molecule has 0 fully saturated rings. The highest BCUT2D eigenvalue weighted by atomic mass is 35.5. The number of nitrogens with one attached hydrogen (secondary N) is 1. The summed E-state index contributed by atoms with van der Waals surface area (Å²) in [5.74, 6) is -0.538. The van der Waals surface area contributed by atoms with E-state index in [4.69, 9.17) is 11.6 Å². The van der Waals surface area contributed by atoms with Gasteiger partial charge in [0.05, 0.1) is 28.6 Å². The van der Waals surface area contributed by atoms with Gasteiger partial charge in [0.1, 0.15) is 10.8 Å². The molecule has 1 amide bonds. The molecule has 0 aliphatic heterocycles. The first-order chi connectivity index (χ1) is 9.49. The fraction of sp³-hybridized carbons (Fsp3) is 0.0833. The zero-order valence-electron chi connectivity index (χ0n) is 10.3. The Morgan fingerprint density at radius 3 is 2.80 bits per heavy atom. The number of nitro benzene ring substituents is 1. The topological polar surface area (TPSA) is 98.0 Å². The van der Waals surface area contributed by atoms with E-state index in [1.54, 1.807) is 13.0 Å². The number of carbonyl (C=O) groups is 1. The fourth-order valence-electron chi connectivity index (χ4n) is 1.59. The lowest BCUT2D eigenvalue weighted by atomic mass is 10.1. The normalized spacial score (nSPS) is 10.1. The number of aromatic nitrogens is 2. The van der Waals surface area contributed by atoms with Gasteiger partial charge < -0.3 is 5.32 Å². The summed E-state index contributed by atoms with van der Waals surface area (Å²) < 4.78 is 0. The van der Waals surface area contributed by atoms with Crippen LogP contribution in [0.2, 0.25) is 5.15 Å². The SMILES string of the molecule is Cc1c(NC(=O)c2cncc(Cl)n2)cccc1[N+](=O)[O-]. The summed E-state index contributed by atoms with van der Waals surface area (Å²) in [7, 11) is 0. The van der Waals surface area contributed by atoms with Crippen LogP contribution in [0, 0.1) is 17.0 Å². The van der Waals surface area contributed by atoms with Crippen molar-refractivity contribution >= 4 is 28.9 Å². The number of anilines is 1. The van der Waals surface area contributed by atoms with Gasteiger partial charge in [-0.3, -0.25) is 19.9 Å². The van der Waals surface area contributed by atoms with Crippen molar-refractivity contribution in [1.29, 1.82) is 0 Å². The maximum atomic E-state index is 12.0. The van der Waals surface area contributed by atoms with Gasteiger partial charge in [0.15, 0.2) is 0 Å². The molecule has 0 radical (unpaired) electrons. The van der Waals surface area contributed by atoms with Gasteiger partial charge >= 0.3 is 0 Å². The van der Waals surface area contributed by atoms with E-state index in [0.29, 0.717) is 11.3 Å². The number of halogens is 1. The zero-order chi connectivity index (χ0) is 14.7. The van der Waals surface area contributed by atoms with Gasteiger partial charge in [-0.15, -0.1) is 0 Å². The van der Waals surface area contributed by atoms with Crippen LogP contribution < -0.4 is 5.32 Å². The number of amides is 1. The second-order valence-corrected chi connectivity index (χ2v) is 4.28. The third kappa shape index (κ3) is 2.89. The number of hydrogen-bond donors (Lipinski definition) is 1. The summed E-state index contributed by atoms with van der Waals surface area (Å²) in [6.07, 6.45) is 2.56. The lowest BCUT2D eigenvalue weighted by Crippen LogP contribution is -2.15. The maximum Gasteiger partial charge on any atom is 0.275 e. The van der Waals surface area contributed by atoms with E-state index in [0.717, 1.165) is 0 Å². The lowest BCUT2D eigenvalue weighted by Gasteiger charge is -2.08. The number of carbonyl (C=O) groups excluding carboxylic acids is 1. The minimum Gasteiger partial charge on any atom is -0.320 e. The molecule has 0 unspecified atom stereocenters. The van der Waals surface area contributed by atoms with Crippen molar-refractivity contribution in [2.24, 2.45) is 0 Å². The van der Waals surface area contributed by atoms with Gasteiger partial charge in [0.25, 0.3) is 11.6 Å². The second-order valence-electron chi connectivity index (χ2n) is 3.89. The van der Waals surface area contributed by atoms with Gasteiger partial charge in [-0.25, -0.2) is 4.98 Å². The van der Waals surface area contributed by atoms with Gasteiger partial charge in [-0.05, 0) is 13.0 Å². The van der Waals surface area contributed by atoms with Crippen LogP contribution in [0.5, 0.6) is 0 Å². The van der Waals surface area contributed by atoms with Crippen LogP contribution in [-0.2, 0) is 0 Å². The highest BCUT2D eigenvalue weighted by molar-refractivity contribution is 6.29. The number of nitro groups is 1. The average molecular weight is 293 g/mol. The summed E-state index contributed by atoms with van der Waals surface area (Å²) in [5, 5.41) is 13.5. The third-order valence-corrected chi connectivity index (χ3v) is 2.77. The predicted octanol–water partition coefficient (Wildman–Crippen LogP) is 2.60. The molecule has 1 aromatic heterocycles. The van der Waals surface area contributed by atoms with Gasteiger partial charge in [0.2, 0.25) is 0 Å². The summed E-state index contributed by atoms with van der Waals surface area (Å²) in [4.78, 5) is 29.8. The van der Waals surface area contributed by atoms with Crippen molar-refractivity contribution in [3.8, 4) is 0 Å². The Kier molecular flexibility index (Phi) is 3.90. The molecule has 8 heteroatoms. The molecule has 0 spiro atoms. The monoisotopic (exact) mass is 292 g/mol. The van der Waals surface area contributed by atoms with Crippen molar-refractivity contribution in [3.63, 3.8) is 0 Å². The molecule has 7 nitrogen and oxygen atoms in total.